The van der Waals surface area contributed by atoms with Crippen molar-refractivity contribution in [3.8, 4) is 0 Å². The van der Waals surface area contributed by atoms with Crippen LogP contribution < -0.4 is 4.90 Å². The third kappa shape index (κ3) is 4.06. The Bertz CT molecular complexity index is 1290. The zero-order chi connectivity index (χ0) is 22.1. The Morgan fingerprint density at radius 2 is 1.81 bits per heavy atom. The van der Waals surface area contributed by atoms with E-state index in [4.69, 9.17) is 11.6 Å². The second-order valence-corrected chi connectivity index (χ2v) is 7.00. The molecule has 0 aliphatic carbocycles. The van der Waals surface area contributed by atoms with Gasteiger partial charge in [0.05, 0.1) is 10.6 Å². The Balaban J connectivity index is 1.86. The Morgan fingerprint density at radius 3 is 2.52 bits per heavy atom. The molecule has 0 fully saturated rings. The summed E-state index contributed by atoms with van der Waals surface area (Å²) >= 11 is 6.06. The van der Waals surface area contributed by atoms with Crippen molar-refractivity contribution < 1.29 is 18.5 Å². The van der Waals surface area contributed by atoms with Crippen LogP contribution in [0.15, 0.2) is 77.4 Å². The van der Waals surface area contributed by atoms with E-state index in [0.717, 1.165) is 17.0 Å². The summed E-state index contributed by atoms with van der Waals surface area (Å²) in [4.78, 5) is 29.0. The topological polar surface area (TPSA) is 75.8 Å². The third-order valence-electron chi connectivity index (χ3n) is 4.48. The monoisotopic (exact) mass is 439 g/mol. The van der Waals surface area contributed by atoms with Crippen LogP contribution in [0.25, 0.3) is 6.08 Å². The van der Waals surface area contributed by atoms with Crippen LogP contribution in [0.3, 0.4) is 0 Å². The summed E-state index contributed by atoms with van der Waals surface area (Å²) in [6.07, 6.45) is 1.36. The molecule has 0 radical (unpaired) electrons. The van der Waals surface area contributed by atoms with Crippen molar-refractivity contribution in [1.82, 2.24) is 0 Å². The fraction of sp³-hybridized carbons (Fsp3) is 0. The number of carbonyl (C=O) groups is 1. The fourth-order valence-electron chi connectivity index (χ4n) is 3.11. The molecule has 31 heavy (non-hydrogen) atoms. The van der Waals surface area contributed by atoms with E-state index in [1.165, 1.54) is 24.3 Å². The maximum absolute atomic E-state index is 14.5. The van der Waals surface area contributed by atoms with Crippen molar-refractivity contribution >= 4 is 40.8 Å². The first-order chi connectivity index (χ1) is 14.8. The molecule has 4 rings (SSSR count). The molecule has 3 aromatic carbocycles. The zero-order valence-electron chi connectivity index (χ0n) is 15.6. The number of amidine groups is 1. The van der Waals surface area contributed by atoms with Crippen molar-refractivity contribution in [2.75, 3.05) is 4.90 Å². The van der Waals surface area contributed by atoms with Gasteiger partial charge in [0.1, 0.15) is 23.2 Å². The van der Waals surface area contributed by atoms with E-state index >= 15 is 0 Å². The average molecular weight is 440 g/mol. The van der Waals surface area contributed by atoms with E-state index in [1.807, 2.05) is 0 Å². The van der Waals surface area contributed by atoms with E-state index in [1.54, 1.807) is 30.3 Å². The van der Waals surface area contributed by atoms with Crippen molar-refractivity contribution in [3.05, 3.63) is 110 Å². The Hall–Kier alpha value is -3.91. The minimum atomic E-state index is -0.945. The highest BCUT2D eigenvalue weighted by Gasteiger charge is 2.34. The first-order valence-corrected chi connectivity index (χ1v) is 9.31. The summed E-state index contributed by atoms with van der Waals surface area (Å²) in [5, 5.41) is 11.4. The van der Waals surface area contributed by atoms with Crippen LogP contribution in [0.4, 0.5) is 20.2 Å². The lowest BCUT2D eigenvalue weighted by Gasteiger charge is -2.19. The molecule has 0 bridgehead atoms. The number of hydrogen-bond donors (Lipinski definition) is 0. The first-order valence-electron chi connectivity index (χ1n) is 8.94. The van der Waals surface area contributed by atoms with Crippen molar-refractivity contribution in [3.63, 3.8) is 0 Å². The van der Waals surface area contributed by atoms with Crippen LogP contribution in [0.2, 0.25) is 5.02 Å². The Labute approximate surface area is 179 Å². The number of anilines is 1. The molecule has 0 saturated carbocycles. The number of hydrogen-bond acceptors (Lipinski definition) is 4. The van der Waals surface area contributed by atoms with Gasteiger partial charge >= 0.3 is 0 Å². The van der Waals surface area contributed by atoms with Gasteiger partial charge < -0.3 is 0 Å². The number of non-ortho nitro benzene ring substituents is 1. The average Bonchev–Trinajstić information content (AvgIpc) is 3.04. The van der Waals surface area contributed by atoms with Gasteiger partial charge in [-0.05, 0) is 35.9 Å². The van der Waals surface area contributed by atoms with E-state index in [9.17, 15) is 23.7 Å². The predicted molar refractivity (Wildman–Crippen MR) is 113 cm³/mol. The lowest BCUT2D eigenvalue weighted by atomic mass is 10.1. The van der Waals surface area contributed by atoms with Gasteiger partial charge in [-0.3, -0.25) is 19.8 Å². The molecule has 154 valence electrons. The van der Waals surface area contributed by atoms with Gasteiger partial charge in [0.2, 0.25) is 0 Å². The lowest BCUT2D eigenvalue weighted by Crippen LogP contribution is -2.33. The number of carbonyl (C=O) groups excluding carboxylic acids is 1. The number of rotatable bonds is 4. The van der Waals surface area contributed by atoms with E-state index in [2.05, 4.69) is 4.99 Å². The van der Waals surface area contributed by atoms with Crippen LogP contribution in [-0.4, -0.2) is 16.7 Å². The number of nitro benzene ring substituents is 1. The zero-order valence-corrected chi connectivity index (χ0v) is 16.4. The predicted octanol–water partition coefficient (Wildman–Crippen LogP) is 5.36. The standard InChI is InChI=1S/C22H12ClF2N3O3/c23-15-5-2-4-14(11-15)21-26-19(10-13-3-1-6-17(9-13)28(30)31)22(29)27(21)20-8-7-16(24)12-18(20)25/h1-12H/b19-10+. The second-order valence-electron chi connectivity index (χ2n) is 6.56. The SMILES string of the molecule is O=C1/C(=C\c2cccc([N+](=O)[O-])c2)N=C(c2cccc(Cl)c2)N1c1ccc(F)cc1F. The number of amides is 1. The largest absolute Gasteiger partial charge is 0.282 e. The number of nitro groups is 1. The maximum Gasteiger partial charge on any atom is 0.282 e. The smallest absolute Gasteiger partial charge is 0.266 e. The molecule has 3 aromatic rings. The fourth-order valence-corrected chi connectivity index (χ4v) is 3.30. The van der Waals surface area contributed by atoms with Gasteiger partial charge in [0, 0.05) is 28.8 Å². The number of nitrogens with zero attached hydrogens (tertiary/aromatic N) is 3. The molecule has 0 unspecified atom stereocenters. The van der Waals surface area contributed by atoms with Gasteiger partial charge in [-0.15, -0.1) is 0 Å². The summed E-state index contributed by atoms with van der Waals surface area (Å²) in [7, 11) is 0. The van der Waals surface area contributed by atoms with Crippen molar-refractivity contribution in [2.24, 2.45) is 4.99 Å². The molecule has 1 heterocycles. The molecular weight excluding hydrogens is 428 g/mol. The molecule has 0 atom stereocenters. The lowest BCUT2D eigenvalue weighted by molar-refractivity contribution is -0.384. The molecule has 1 amide bonds. The van der Waals surface area contributed by atoms with E-state index in [-0.39, 0.29) is 22.9 Å². The minimum absolute atomic E-state index is 0.0702. The van der Waals surface area contributed by atoms with Gasteiger partial charge in [0.25, 0.3) is 11.6 Å². The number of aliphatic imine (C=N–C) groups is 1. The molecule has 9 heteroatoms. The molecule has 1 aliphatic rings. The Morgan fingerprint density at radius 1 is 1.03 bits per heavy atom. The number of halogens is 3. The summed E-state index contributed by atoms with van der Waals surface area (Å²) < 4.78 is 27.9. The molecule has 6 nitrogen and oxygen atoms in total. The van der Waals surface area contributed by atoms with Gasteiger partial charge in [0.15, 0.2) is 0 Å². The molecule has 0 aromatic heterocycles. The quantitative estimate of drug-likeness (QED) is 0.312. The van der Waals surface area contributed by atoms with Gasteiger partial charge in [-0.2, -0.15) is 0 Å². The summed E-state index contributed by atoms with van der Waals surface area (Å²) in [5.74, 6) is -2.32. The number of benzene rings is 3. The minimum Gasteiger partial charge on any atom is -0.266 e. The highest BCUT2D eigenvalue weighted by Crippen LogP contribution is 2.31. The second kappa shape index (κ2) is 8.08. The van der Waals surface area contributed by atoms with Crippen LogP contribution in [0.5, 0.6) is 0 Å². The molecule has 0 spiro atoms. The highest BCUT2D eigenvalue weighted by atomic mass is 35.5. The normalized spacial score (nSPS) is 14.8. The maximum atomic E-state index is 14.5. The van der Waals surface area contributed by atoms with Crippen LogP contribution in [-0.2, 0) is 4.79 Å². The molecule has 0 saturated heterocycles. The van der Waals surface area contributed by atoms with E-state index < -0.39 is 22.5 Å². The first kappa shape index (κ1) is 20.4. The van der Waals surface area contributed by atoms with Crippen LogP contribution in [0.1, 0.15) is 11.1 Å². The van der Waals surface area contributed by atoms with Crippen LogP contribution >= 0.6 is 11.6 Å². The van der Waals surface area contributed by atoms with Crippen LogP contribution in [0, 0.1) is 21.7 Å². The molecule has 0 N–H and O–H groups in total. The third-order valence-corrected chi connectivity index (χ3v) is 4.71. The molecule has 1 aliphatic heterocycles. The van der Waals surface area contributed by atoms with Crippen molar-refractivity contribution in [2.45, 2.75) is 0 Å². The van der Waals surface area contributed by atoms with Gasteiger partial charge in [-0.25, -0.2) is 13.8 Å². The van der Waals surface area contributed by atoms with Gasteiger partial charge in [-0.1, -0.05) is 35.9 Å². The van der Waals surface area contributed by atoms with Crippen molar-refractivity contribution in [1.29, 1.82) is 0 Å². The molecular formula is C22H12ClF2N3O3. The highest BCUT2D eigenvalue weighted by molar-refractivity contribution is 6.35. The summed E-state index contributed by atoms with van der Waals surface area (Å²) in [6, 6.07) is 15.0. The Kier molecular flexibility index (Phi) is 5.31. The summed E-state index contributed by atoms with van der Waals surface area (Å²) in [5.41, 5.74) is 0.396. The summed E-state index contributed by atoms with van der Waals surface area (Å²) in [6.45, 7) is 0. The van der Waals surface area contributed by atoms with E-state index in [0.29, 0.717) is 22.2 Å².